The van der Waals surface area contributed by atoms with Crippen LogP contribution in [0.4, 0.5) is 0 Å². The van der Waals surface area contributed by atoms with Gasteiger partial charge in [0.25, 0.3) is 0 Å². The topological polar surface area (TPSA) is 46.5 Å². The molecular formula is C14H10BrClO3S. The van der Waals surface area contributed by atoms with Crippen LogP contribution in [0.3, 0.4) is 0 Å². The van der Waals surface area contributed by atoms with E-state index in [-0.39, 0.29) is 0 Å². The van der Waals surface area contributed by atoms with Gasteiger partial charge in [0.15, 0.2) is 0 Å². The maximum absolute atomic E-state index is 10.4. The van der Waals surface area contributed by atoms with Gasteiger partial charge in [-0.25, -0.2) is 4.79 Å². The predicted molar refractivity (Wildman–Crippen MR) is 84.5 cm³/mol. The standard InChI is InChI=1S/C14H10BrClO3S/c15-10-5-6-20-13(10)8-19-12-3-1-9(7-11(12)16)2-4-14(17)18/h1-7H,8H2,(H,17,18). The van der Waals surface area contributed by atoms with Crippen molar-refractivity contribution in [2.45, 2.75) is 6.61 Å². The lowest BCUT2D eigenvalue weighted by Crippen LogP contribution is -1.94. The molecule has 0 bridgehead atoms. The highest BCUT2D eigenvalue weighted by Crippen LogP contribution is 2.29. The molecular weight excluding hydrogens is 364 g/mol. The minimum Gasteiger partial charge on any atom is -0.486 e. The number of thiophene rings is 1. The minimum absolute atomic E-state index is 0.433. The van der Waals surface area contributed by atoms with Crippen molar-refractivity contribution in [3.63, 3.8) is 0 Å². The van der Waals surface area contributed by atoms with Crippen molar-refractivity contribution in [2.75, 3.05) is 0 Å². The minimum atomic E-state index is -0.996. The zero-order valence-corrected chi connectivity index (χ0v) is 13.3. The first kappa shape index (κ1) is 15.1. The van der Waals surface area contributed by atoms with E-state index in [9.17, 15) is 4.79 Å². The van der Waals surface area contributed by atoms with Crippen LogP contribution in [0, 0.1) is 0 Å². The number of rotatable bonds is 5. The molecule has 0 aliphatic carbocycles. The largest absolute Gasteiger partial charge is 0.486 e. The molecule has 2 aromatic rings. The van der Waals surface area contributed by atoms with Gasteiger partial charge >= 0.3 is 5.97 Å². The summed E-state index contributed by atoms with van der Waals surface area (Å²) in [6.07, 6.45) is 2.54. The maximum atomic E-state index is 10.4. The van der Waals surface area contributed by atoms with Crippen LogP contribution < -0.4 is 4.74 Å². The molecule has 0 aliphatic heterocycles. The van der Waals surface area contributed by atoms with Gasteiger partial charge in [0, 0.05) is 10.5 Å². The Kier molecular flexibility index (Phi) is 5.23. The fourth-order valence-electron chi connectivity index (χ4n) is 1.48. The Hall–Kier alpha value is -1.30. The van der Waals surface area contributed by atoms with E-state index in [4.69, 9.17) is 21.4 Å². The van der Waals surface area contributed by atoms with E-state index in [0.29, 0.717) is 22.9 Å². The monoisotopic (exact) mass is 372 g/mol. The second-order valence-electron chi connectivity index (χ2n) is 3.84. The molecule has 0 saturated carbocycles. The van der Waals surface area contributed by atoms with Crippen molar-refractivity contribution >= 4 is 50.9 Å². The quantitative estimate of drug-likeness (QED) is 0.763. The van der Waals surface area contributed by atoms with Crippen molar-refractivity contribution in [1.29, 1.82) is 0 Å². The van der Waals surface area contributed by atoms with Gasteiger partial charge < -0.3 is 9.84 Å². The number of hydrogen-bond acceptors (Lipinski definition) is 3. The molecule has 0 radical (unpaired) electrons. The van der Waals surface area contributed by atoms with Crippen LogP contribution in [0.15, 0.2) is 40.2 Å². The van der Waals surface area contributed by atoms with Gasteiger partial charge in [-0.3, -0.25) is 0 Å². The lowest BCUT2D eigenvalue weighted by atomic mass is 10.2. The summed E-state index contributed by atoms with van der Waals surface area (Å²) in [5.74, 6) is -0.427. The molecule has 2 rings (SSSR count). The second kappa shape index (κ2) is 6.92. The van der Waals surface area contributed by atoms with Crippen LogP contribution in [0.25, 0.3) is 6.08 Å². The Bertz CT molecular complexity index is 652. The third kappa shape index (κ3) is 4.10. The zero-order valence-electron chi connectivity index (χ0n) is 10.2. The number of benzene rings is 1. The summed E-state index contributed by atoms with van der Waals surface area (Å²) < 4.78 is 6.66. The Balaban J connectivity index is 2.06. The normalized spacial score (nSPS) is 10.9. The summed E-state index contributed by atoms with van der Waals surface area (Å²) >= 11 is 11.1. The highest BCUT2D eigenvalue weighted by atomic mass is 79.9. The molecule has 3 nitrogen and oxygen atoms in total. The van der Waals surface area contributed by atoms with Gasteiger partial charge in [0.05, 0.1) is 9.90 Å². The van der Waals surface area contributed by atoms with E-state index in [1.54, 1.807) is 29.5 Å². The van der Waals surface area contributed by atoms with E-state index >= 15 is 0 Å². The molecule has 0 amide bonds. The van der Waals surface area contributed by atoms with Crippen LogP contribution >= 0.6 is 38.9 Å². The Labute approximate surface area is 133 Å². The number of carboxylic acids is 1. The summed E-state index contributed by atoms with van der Waals surface area (Å²) in [5, 5.41) is 11.0. The fourth-order valence-corrected chi connectivity index (χ4v) is 3.10. The maximum Gasteiger partial charge on any atom is 0.328 e. The van der Waals surface area contributed by atoms with Gasteiger partial charge in [-0.1, -0.05) is 17.7 Å². The lowest BCUT2D eigenvalue weighted by molar-refractivity contribution is -0.131. The van der Waals surface area contributed by atoms with Gasteiger partial charge in [0.1, 0.15) is 12.4 Å². The van der Waals surface area contributed by atoms with Crippen molar-refractivity contribution in [2.24, 2.45) is 0 Å². The predicted octanol–water partition coefficient (Wildman–Crippen LogP) is 4.84. The summed E-state index contributed by atoms with van der Waals surface area (Å²) in [6, 6.07) is 7.11. The number of hydrogen-bond donors (Lipinski definition) is 1. The Morgan fingerprint density at radius 1 is 1.45 bits per heavy atom. The van der Waals surface area contributed by atoms with Crippen molar-refractivity contribution in [3.8, 4) is 5.75 Å². The molecule has 0 saturated heterocycles. The lowest BCUT2D eigenvalue weighted by Gasteiger charge is -2.08. The SMILES string of the molecule is O=C(O)C=Cc1ccc(OCc2sccc2Br)c(Cl)c1. The Morgan fingerprint density at radius 2 is 2.25 bits per heavy atom. The third-order valence-electron chi connectivity index (χ3n) is 2.42. The molecule has 0 spiro atoms. The summed E-state index contributed by atoms with van der Waals surface area (Å²) in [4.78, 5) is 11.5. The van der Waals surface area contributed by atoms with Gasteiger partial charge in [0.2, 0.25) is 0 Å². The summed E-state index contributed by atoms with van der Waals surface area (Å²) in [7, 11) is 0. The van der Waals surface area contributed by atoms with Crippen LogP contribution in [0.1, 0.15) is 10.4 Å². The number of ether oxygens (including phenoxy) is 1. The van der Waals surface area contributed by atoms with Gasteiger partial charge in [-0.2, -0.15) is 0 Å². The van der Waals surface area contributed by atoms with Crippen molar-refractivity contribution in [3.05, 3.63) is 55.7 Å². The molecule has 0 atom stereocenters. The summed E-state index contributed by atoms with van der Waals surface area (Å²) in [6.45, 7) is 0.433. The molecule has 0 aliphatic rings. The first-order chi connectivity index (χ1) is 9.56. The first-order valence-electron chi connectivity index (χ1n) is 5.61. The highest BCUT2D eigenvalue weighted by Gasteiger charge is 2.06. The van der Waals surface area contributed by atoms with E-state index < -0.39 is 5.97 Å². The number of carbonyl (C=O) groups is 1. The van der Waals surface area contributed by atoms with Gasteiger partial charge in [-0.05, 0) is 51.1 Å². The highest BCUT2D eigenvalue weighted by molar-refractivity contribution is 9.10. The molecule has 1 heterocycles. The second-order valence-corrected chi connectivity index (χ2v) is 6.10. The summed E-state index contributed by atoms with van der Waals surface area (Å²) in [5.41, 5.74) is 0.710. The molecule has 0 fully saturated rings. The van der Waals surface area contributed by atoms with Crippen LogP contribution in [-0.4, -0.2) is 11.1 Å². The molecule has 104 valence electrons. The van der Waals surface area contributed by atoms with E-state index in [0.717, 1.165) is 15.4 Å². The molecule has 1 aromatic carbocycles. The van der Waals surface area contributed by atoms with E-state index in [1.807, 2.05) is 11.4 Å². The molecule has 20 heavy (non-hydrogen) atoms. The molecule has 6 heteroatoms. The van der Waals surface area contributed by atoms with Crippen LogP contribution in [-0.2, 0) is 11.4 Å². The first-order valence-corrected chi connectivity index (χ1v) is 7.66. The number of carboxylic acid groups (broad SMARTS) is 1. The van der Waals surface area contributed by atoms with Crippen LogP contribution in [0.2, 0.25) is 5.02 Å². The zero-order chi connectivity index (χ0) is 14.5. The molecule has 1 aromatic heterocycles. The average molecular weight is 374 g/mol. The van der Waals surface area contributed by atoms with E-state index in [2.05, 4.69) is 15.9 Å². The number of halogens is 2. The fraction of sp³-hybridized carbons (Fsp3) is 0.0714. The average Bonchev–Trinajstić information content (AvgIpc) is 2.81. The Morgan fingerprint density at radius 3 is 2.85 bits per heavy atom. The number of aliphatic carboxylic acids is 1. The molecule has 0 unspecified atom stereocenters. The smallest absolute Gasteiger partial charge is 0.328 e. The van der Waals surface area contributed by atoms with Crippen molar-refractivity contribution < 1.29 is 14.6 Å². The van der Waals surface area contributed by atoms with Gasteiger partial charge in [-0.15, -0.1) is 11.3 Å². The molecule has 1 N–H and O–H groups in total. The van der Waals surface area contributed by atoms with E-state index in [1.165, 1.54) is 6.08 Å². The van der Waals surface area contributed by atoms with Crippen molar-refractivity contribution in [1.82, 2.24) is 0 Å². The third-order valence-corrected chi connectivity index (χ3v) is 4.62. The van der Waals surface area contributed by atoms with Crippen LogP contribution in [0.5, 0.6) is 5.75 Å².